The zero-order chi connectivity index (χ0) is 18.4. The lowest BCUT2D eigenvalue weighted by molar-refractivity contribution is 0.131. The Morgan fingerprint density at radius 1 is 1.20 bits per heavy atom. The van der Waals surface area contributed by atoms with Gasteiger partial charge in [-0.15, -0.1) is 0 Å². The number of aliphatic hydroxyl groups excluding tert-OH is 1. The van der Waals surface area contributed by atoms with Crippen LogP contribution in [0.5, 0.6) is 0 Å². The standard InChI is InChI=1S/C18H18Cl2INO3/c1-2-25-18(24)22-10-14(11-6-7-15(19)16(20)9-11)17(23)12-4-3-5-13(21)8-12/h3-9,14,17,23H,2,10H2,1H3,(H,22,24). The van der Waals surface area contributed by atoms with Crippen LogP contribution < -0.4 is 5.32 Å². The van der Waals surface area contributed by atoms with Crippen LogP contribution in [0.4, 0.5) is 4.79 Å². The van der Waals surface area contributed by atoms with E-state index in [1.54, 1.807) is 25.1 Å². The van der Waals surface area contributed by atoms with E-state index in [4.69, 9.17) is 27.9 Å². The maximum Gasteiger partial charge on any atom is 0.407 e. The highest BCUT2D eigenvalue weighted by atomic mass is 127. The SMILES string of the molecule is CCOC(=O)NCC(c1ccc(Cl)c(Cl)c1)C(O)c1cccc(I)c1. The number of halogens is 3. The van der Waals surface area contributed by atoms with E-state index in [9.17, 15) is 9.90 Å². The third-order valence-corrected chi connectivity index (χ3v) is 5.09. The van der Waals surface area contributed by atoms with Crippen molar-refractivity contribution < 1.29 is 14.6 Å². The molecule has 25 heavy (non-hydrogen) atoms. The van der Waals surface area contributed by atoms with Crippen molar-refractivity contribution in [3.63, 3.8) is 0 Å². The minimum Gasteiger partial charge on any atom is -0.450 e. The van der Waals surface area contributed by atoms with Crippen molar-refractivity contribution in [2.45, 2.75) is 18.9 Å². The average molecular weight is 494 g/mol. The van der Waals surface area contributed by atoms with Crippen molar-refractivity contribution in [2.75, 3.05) is 13.2 Å². The van der Waals surface area contributed by atoms with Crippen LogP contribution in [0.2, 0.25) is 10.0 Å². The molecule has 2 unspecified atom stereocenters. The van der Waals surface area contributed by atoms with Crippen LogP contribution in [0.15, 0.2) is 42.5 Å². The van der Waals surface area contributed by atoms with Gasteiger partial charge in [-0.3, -0.25) is 0 Å². The molecule has 0 spiro atoms. The van der Waals surface area contributed by atoms with E-state index in [0.717, 1.165) is 14.7 Å². The Balaban J connectivity index is 2.30. The molecule has 0 saturated carbocycles. The second kappa shape index (κ2) is 9.62. The molecule has 0 aliphatic carbocycles. The first-order chi connectivity index (χ1) is 11.9. The Bertz CT molecular complexity index is 742. The molecule has 0 bridgehead atoms. The van der Waals surface area contributed by atoms with E-state index in [1.165, 1.54) is 0 Å². The van der Waals surface area contributed by atoms with Gasteiger partial charge >= 0.3 is 6.09 Å². The second-order valence-electron chi connectivity index (χ2n) is 5.38. The molecule has 2 aromatic rings. The first-order valence-electron chi connectivity index (χ1n) is 7.71. The van der Waals surface area contributed by atoms with Crippen molar-refractivity contribution in [2.24, 2.45) is 0 Å². The molecule has 1 amide bonds. The summed E-state index contributed by atoms with van der Waals surface area (Å²) in [5.74, 6) is -0.405. The van der Waals surface area contributed by atoms with Crippen LogP contribution in [0.3, 0.4) is 0 Å². The third kappa shape index (κ3) is 5.74. The van der Waals surface area contributed by atoms with Crippen molar-refractivity contribution >= 4 is 51.9 Å². The van der Waals surface area contributed by atoms with Crippen molar-refractivity contribution in [1.29, 1.82) is 0 Å². The monoisotopic (exact) mass is 493 g/mol. The summed E-state index contributed by atoms with van der Waals surface area (Å²) < 4.78 is 5.91. The predicted molar refractivity (Wildman–Crippen MR) is 108 cm³/mol. The van der Waals surface area contributed by atoms with Gasteiger partial charge in [-0.05, 0) is 64.9 Å². The largest absolute Gasteiger partial charge is 0.450 e. The molecule has 2 atom stereocenters. The molecular weight excluding hydrogens is 476 g/mol. The summed E-state index contributed by atoms with van der Waals surface area (Å²) in [6.45, 7) is 2.21. The highest BCUT2D eigenvalue weighted by Crippen LogP contribution is 2.34. The van der Waals surface area contributed by atoms with Crippen molar-refractivity contribution in [3.05, 3.63) is 67.2 Å². The molecule has 2 aromatic carbocycles. The van der Waals surface area contributed by atoms with Crippen LogP contribution in [0.1, 0.15) is 30.1 Å². The maximum absolute atomic E-state index is 11.6. The Labute approximate surface area is 170 Å². The number of nitrogens with one attached hydrogen (secondary N) is 1. The highest BCUT2D eigenvalue weighted by molar-refractivity contribution is 14.1. The molecule has 0 aliphatic rings. The summed E-state index contributed by atoms with van der Waals surface area (Å²) in [7, 11) is 0. The smallest absolute Gasteiger partial charge is 0.407 e. The number of carbonyl (C=O) groups is 1. The van der Waals surface area contributed by atoms with E-state index in [0.29, 0.717) is 10.0 Å². The van der Waals surface area contributed by atoms with Crippen LogP contribution in [-0.2, 0) is 4.74 Å². The van der Waals surface area contributed by atoms with Crippen LogP contribution >= 0.6 is 45.8 Å². The van der Waals surface area contributed by atoms with E-state index >= 15 is 0 Å². The summed E-state index contributed by atoms with van der Waals surface area (Å²) in [6, 6.07) is 12.8. The quantitative estimate of drug-likeness (QED) is 0.546. The number of hydrogen-bond acceptors (Lipinski definition) is 3. The van der Waals surface area contributed by atoms with Gasteiger partial charge in [0.25, 0.3) is 0 Å². The number of alkyl carbamates (subject to hydrolysis) is 1. The van der Waals surface area contributed by atoms with Gasteiger partial charge in [0, 0.05) is 16.0 Å². The average Bonchev–Trinajstić information content (AvgIpc) is 2.58. The van der Waals surface area contributed by atoms with Crippen LogP contribution in [-0.4, -0.2) is 24.4 Å². The van der Waals surface area contributed by atoms with Gasteiger partial charge in [-0.1, -0.05) is 41.4 Å². The topological polar surface area (TPSA) is 58.6 Å². The number of hydrogen-bond donors (Lipinski definition) is 2. The minimum absolute atomic E-state index is 0.198. The molecule has 0 heterocycles. The van der Waals surface area contributed by atoms with E-state index in [1.807, 2.05) is 24.3 Å². The Hall–Kier alpha value is -1.02. The minimum atomic E-state index is -0.825. The highest BCUT2D eigenvalue weighted by Gasteiger charge is 2.24. The molecule has 2 rings (SSSR count). The summed E-state index contributed by atoms with van der Waals surface area (Å²) in [5.41, 5.74) is 1.53. The zero-order valence-corrected chi connectivity index (χ0v) is 17.2. The number of rotatable bonds is 6. The molecule has 2 N–H and O–H groups in total. The fraction of sp³-hybridized carbons (Fsp3) is 0.278. The normalized spacial score (nSPS) is 13.2. The Morgan fingerprint density at radius 2 is 1.96 bits per heavy atom. The fourth-order valence-electron chi connectivity index (χ4n) is 2.45. The lowest BCUT2D eigenvalue weighted by Crippen LogP contribution is -2.31. The van der Waals surface area contributed by atoms with E-state index < -0.39 is 18.1 Å². The lowest BCUT2D eigenvalue weighted by atomic mass is 9.89. The summed E-state index contributed by atoms with van der Waals surface area (Å²) >= 11 is 14.3. The lowest BCUT2D eigenvalue weighted by Gasteiger charge is -2.24. The van der Waals surface area contributed by atoms with Gasteiger partial charge in [-0.2, -0.15) is 0 Å². The molecule has 7 heteroatoms. The van der Waals surface area contributed by atoms with Gasteiger partial charge in [0.15, 0.2) is 0 Å². The number of benzene rings is 2. The third-order valence-electron chi connectivity index (χ3n) is 3.68. The first-order valence-corrected chi connectivity index (χ1v) is 9.55. The van der Waals surface area contributed by atoms with Gasteiger partial charge in [0.05, 0.1) is 22.8 Å². The Morgan fingerprint density at radius 3 is 2.60 bits per heavy atom. The van der Waals surface area contributed by atoms with Gasteiger partial charge in [-0.25, -0.2) is 4.79 Å². The van der Waals surface area contributed by atoms with Crippen LogP contribution in [0.25, 0.3) is 0 Å². The van der Waals surface area contributed by atoms with Crippen molar-refractivity contribution in [1.82, 2.24) is 5.32 Å². The summed E-state index contributed by atoms with van der Waals surface area (Å²) in [5, 5.41) is 14.4. The van der Waals surface area contributed by atoms with Gasteiger partial charge < -0.3 is 15.2 Å². The number of ether oxygens (including phenoxy) is 1. The van der Waals surface area contributed by atoms with E-state index in [2.05, 4.69) is 27.9 Å². The number of aliphatic hydroxyl groups is 1. The summed E-state index contributed by atoms with van der Waals surface area (Å²) in [6.07, 6.45) is -1.35. The van der Waals surface area contributed by atoms with Gasteiger partial charge in [0.2, 0.25) is 0 Å². The summed E-state index contributed by atoms with van der Waals surface area (Å²) in [4.78, 5) is 11.6. The molecule has 0 aromatic heterocycles. The molecule has 4 nitrogen and oxygen atoms in total. The Kier molecular flexibility index (Phi) is 7.81. The fourth-order valence-corrected chi connectivity index (χ4v) is 3.33. The number of carbonyl (C=O) groups excluding carboxylic acids is 1. The number of amides is 1. The van der Waals surface area contributed by atoms with Crippen molar-refractivity contribution in [3.8, 4) is 0 Å². The van der Waals surface area contributed by atoms with Gasteiger partial charge in [0.1, 0.15) is 0 Å². The zero-order valence-electron chi connectivity index (χ0n) is 13.5. The molecule has 0 saturated heterocycles. The van der Waals surface area contributed by atoms with E-state index in [-0.39, 0.29) is 13.2 Å². The molecule has 0 fully saturated rings. The first kappa shape index (κ1) is 20.3. The molecule has 134 valence electrons. The second-order valence-corrected chi connectivity index (χ2v) is 7.44. The molecule has 0 radical (unpaired) electrons. The molecule has 0 aliphatic heterocycles. The molecular formula is C18H18Cl2INO3. The maximum atomic E-state index is 11.6. The van der Waals surface area contributed by atoms with Crippen LogP contribution in [0, 0.1) is 3.57 Å². The predicted octanol–water partition coefficient (Wildman–Crippen LogP) is 5.16.